The van der Waals surface area contributed by atoms with Gasteiger partial charge in [-0.1, -0.05) is 17.7 Å². The van der Waals surface area contributed by atoms with E-state index in [0.29, 0.717) is 22.5 Å². The van der Waals surface area contributed by atoms with Crippen molar-refractivity contribution in [2.75, 3.05) is 19.5 Å². The molecule has 0 spiro atoms. The molecule has 0 aliphatic heterocycles. The number of nitrogens with one attached hydrogen (secondary N) is 1. The molecule has 132 valence electrons. The lowest BCUT2D eigenvalue weighted by Crippen LogP contribution is -2.02. The van der Waals surface area contributed by atoms with E-state index in [2.05, 4.69) is 25.5 Å². The Morgan fingerprint density at radius 3 is 2.73 bits per heavy atom. The first-order chi connectivity index (χ1) is 12.6. The number of aryl methyl sites for hydroxylation is 1. The van der Waals surface area contributed by atoms with E-state index in [1.165, 1.54) is 0 Å². The maximum atomic E-state index is 6.11. The molecule has 1 aromatic carbocycles. The zero-order chi connectivity index (χ0) is 18.3. The lowest BCUT2D eigenvalue weighted by Gasteiger charge is -2.12. The highest BCUT2D eigenvalue weighted by atomic mass is 35.5. The van der Waals surface area contributed by atoms with E-state index < -0.39 is 0 Å². The predicted octanol–water partition coefficient (Wildman–Crippen LogP) is 2.92. The first kappa shape index (κ1) is 16.3. The van der Waals surface area contributed by atoms with Crippen molar-refractivity contribution in [1.29, 1.82) is 0 Å². The quantitative estimate of drug-likeness (QED) is 0.557. The summed E-state index contributed by atoms with van der Waals surface area (Å²) >= 11 is 6.11. The first-order valence-electron chi connectivity index (χ1n) is 7.87. The lowest BCUT2D eigenvalue weighted by molar-refractivity contribution is 0.413. The van der Waals surface area contributed by atoms with Crippen molar-refractivity contribution in [1.82, 2.24) is 29.5 Å². The van der Waals surface area contributed by atoms with E-state index >= 15 is 0 Å². The molecule has 0 atom stereocenters. The average Bonchev–Trinajstić information content (AvgIpc) is 3.24. The number of fused-ring (bicyclic) bond motifs is 1. The van der Waals surface area contributed by atoms with Crippen molar-refractivity contribution in [2.24, 2.45) is 7.05 Å². The molecule has 0 amide bonds. The SMILES string of the molecule is CNc1nn(-c2cccc(-c3ncn(C)n3)c2OC)c2cc(Cl)ncc12. The highest BCUT2D eigenvalue weighted by molar-refractivity contribution is 6.30. The van der Waals surface area contributed by atoms with Gasteiger partial charge in [0.2, 0.25) is 0 Å². The number of aromatic nitrogens is 6. The Kier molecular flexibility index (Phi) is 3.96. The third kappa shape index (κ3) is 2.55. The monoisotopic (exact) mass is 369 g/mol. The maximum Gasteiger partial charge on any atom is 0.184 e. The summed E-state index contributed by atoms with van der Waals surface area (Å²) in [5, 5.41) is 13.4. The Morgan fingerprint density at radius 1 is 1.19 bits per heavy atom. The molecule has 0 fully saturated rings. The summed E-state index contributed by atoms with van der Waals surface area (Å²) < 4.78 is 9.12. The molecule has 0 bridgehead atoms. The fourth-order valence-corrected chi connectivity index (χ4v) is 3.05. The molecule has 4 aromatic rings. The normalized spacial score (nSPS) is 11.1. The van der Waals surface area contributed by atoms with Crippen LogP contribution >= 0.6 is 11.6 Å². The number of ether oxygens (including phenoxy) is 1. The van der Waals surface area contributed by atoms with Crippen molar-refractivity contribution >= 4 is 28.3 Å². The fraction of sp³-hybridized carbons (Fsp3) is 0.176. The Labute approximate surface area is 154 Å². The fourth-order valence-electron chi connectivity index (χ4n) is 2.90. The summed E-state index contributed by atoms with van der Waals surface area (Å²) in [6.45, 7) is 0. The topological polar surface area (TPSA) is 82.7 Å². The summed E-state index contributed by atoms with van der Waals surface area (Å²) in [5.41, 5.74) is 2.35. The molecule has 0 unspecified atom stereocenters. The number of anilines is 1. The van der Waals surface area contributed by atoms with Gasteiger partial charge in [0.1, 0.15) is 17.2 Å². The number of para-hydroxylation sites is 1. The minimum atomic E-state index is 0.391. The van der Waals surface area contributed by atoms with E-state index in [-0.39, 0.29) is 0 Å². The van der Waals surface area contributed by atoms with Gasteiger partial charge in [-0.25, -0.2) is 14.6 Å². The van der Waals surface area contributed by atoms with E-state index in [1.54, 1.807) is 35.1 Å². The molecule has 9 heteroatoms. The molecular weight excluding hydrogens is 354 g/mol. The van der Waals surface area contributed by atoms with Crippen molar-refractivity contribution in [3.05, 3.63) is 41.9 Å². The summed E-state index contributed by atoms with van der Waals surface area (Å²) in [6, 6.07) is 7.52. The highest BCUT2D eigenvalue weighted by Crippen LogP contribution is 2.36. The van der Waals surface area contributed by atoms with Crippen LogP contribution in [-0.2, 0) is 7.05 Å². The predicted molar refractivity (Wildman–Crippen MR) is 100.0 cm³/mol. The van der Waals surface area contributed by atoms with Crippen LogP contribution in [0.5, 0.6) is 5.75 Å². The second-order valence-electron chi connectivity index (χ2n) is 5.63. The molecule has 0 radical (unpaired) electrons. The molecule has 0 saturated carbocycles. The molecule has 26 heavy (non-hydrogen) atoms. The molecule has 3 heterocycles. The van der Waals surface area contributed by atoms with Crippen LogP contribution in [0, 0.1) is 0 Å². The van der Waals surface area contributed by atoms with Gasteiger partial charge >= 0.3 is 0 Å². The summed E-state index contributed by atoms with van der Waals surface area (Å²) in [4.78, 5) is 8.48. The van der Waals surface area contributed by atoms with E-state index in [1.807, 2.05) is 32.3 Å². The number of benzene rings is 1. The number of nitrogens with zero attached hydrogens (tertiary/aromatic N) is 6. The maximum absolute atomic E-state index is 6.11. The van der Waals surface area contributed by atoms with Gasteiger partial charge in [-0.2, -0.15) is 5.10 Å². The number of pyridine rings is 1. The van der Waals surface area contributed by atoms with Crippen LogP contribution in [0.25, 0.3) is 28.0 Å². The van der Waals surface area contributed by atoms with Gasteiger partial charge < -0.3 is 10.1 Å². The smallest absolute Gasteiger partial charge is 0.184 e. The van der Waals surface area contributed by atoms with Crippen molar-refractivity contribution in [3.63, 3.8) is 0 Å². The molecule has 8 nitrogen and oxygen atoms in total. The highest BCUT2D eigenvalue weighted by Gasteiger charge is 2.19. The Morgan fingerprint density at radius 2 is 2.04 bits per heavy atom. The summed E-state index contributed by atoms with van der Waals surface area (Å²) in [7, 11) is 5.25. The Balaban J connectivity index is 1.99. The number of hydrogen-bond acceptors (Lipinski definition) is 6. The van der Waals surface area contributed by atoms with E-state index in [4.69, 9.17) is 16.3 Å². The first-order valence-corrected chi connectivity index (χ1v) is 8.25. The zero-order valence-corrected chi connectivity index (χ0v) is 15.2. The van der Waals surface area contributed by atoms with Crippen LogP contribution in [0.2, 0.25) is 5.15 Å². The second-order valence-corrected chi connectivity index (χ2v) is 6.02. The third-order valence-corrected chi connectivity index (χ3v) is 4.24. The van der Waals surface area contributed by atoms with Crippen LogP contribution < -0.4 is 10.1 Å². The van der Waals surface area contributed by atoms with Gasteiger partial charge in [-0.15, -0.1) is 5.10 Å². The van der Waals surface area contributed by atoms with Crippen LogP contribution in [0.4, 0.5) is 5.82 Å². The number of halogens is 1. The summed E-state index contributed by atoms with van der Waals surface area (Å²) in [5.74, 6) is 1.91. The Hall–Kier alpha value is -3.13. The third-order valence-electron chi connectivity index (χ3n) is 4.04. The molecule has 4 rings (SSSR count). The molecular formula is C17H16ClN7O. The van der Waals surface area contributed by atoms with E-state index in [0.717, 1.165) is 22.2 Å². The number of rotatable bonds is 4. The van der Waals surface area contributed by atoms with Gasteiger partial charge in [-0.3, -0.25) is 4.68 Å². The number of methoxy groups -OCH3 is 1. The van der Waals surface area contributed by atoms with Crippen LogP contribution in [0.15, 0.2) is 36.8 Å². The number of hydrogen-bond donors (Lipinski definition) is 1. The summed E-state index contributed by atoms with van der Waals surface area (Å²) in [6.07, 6.45) is 3.35. The minimum absolute atomic E-state index is 0.391. The minimum Gasteiger partial charge on any atom is -0.494 e. The van der Waals surface area contributed by atoms with Gasteiger partial charge in [0.05, 0.1) is 23.6 Å². The van der Waals surface area contributed by atoms with Crippen LogP contribution in [0.1, 0.15) is 0 Å². The van der Waals surface area contributed by atoms with Crippen molar-refractivity contribution in [2.45, 2.75) is 0 Å². The Bertz CT molecular complexity index is 1100. The van der Waals surface area contributed by atoms with Crippen LogP contribution in [0.3, 0.4) is 0 Å². The molecule has 0 aliphatic carbocycles. The average molecular weight is 370 g/mol. The van der Waals surface area contributed by atoms with Gasteiger partial charge in [-0.05, 0) is 12.1 Å². The van der Waals surface area contributed by atoms with Crippen LogP contribution in [-0.4, -0.2) is 43.7 Å². The largest absolute Gasteiger partial charge is 0.494 e. The molecule has 1 N–H and O–H groups in total. The molecule has 0 saturated heterocycles. The standard InChI is InChI=1S/C17H16ClN7O/c1-19-16-11-8-20-14(18)7-13(11)25(23-16)12-6-4-5-10(15(12)26-3)17-21-9-24(2)22-17/h4-9H,1-3H3,(H,19,23). The van der Waals surface area contributed by atoms with Gasteiger partial charge in [0.25, 0.3) is 0 Å². The lowest BCUT2D eigenvalue weighted by atomic mass is 10.1. The zero-order valence-electron chi connectivity index (χ0n) is 14.4. The molecule has 0 aliphatic rings. The second kappa shape index (κ2) is 6.30. The van der Waals surface area contributed by atoms with E-state index in [9.17, 15) is 0 Å². The van der Waals surface area contributed by atoms with Crippen molar-refractivity contribution < 1.29 is 4.74 Å². The molecule has 3 aromatic heterocycles. The van der Waals surface area contributed by atoms with Gasteiger partial charge in [0, 0.05) is 26.4 Å². The van der Waals surface area contributed by atoms with Crippen molar-refractivity contribution in [3.8, 4) is 22.8 Å². The van der Waals surface area contributed by atoms with Gasteiger partial charge in [0.15, 0.2) is 17.4 Å².